The fourth-order valence-corrected chi connectivity index (χ4v) is 1.04. The van der Waals surface area contributed by atoms with Gasteiger partial charge in [-0.1, -0.05) is 42.5 Å². The first-order valence-corrected chi connectivity index (χ1v) is 4.54. The van der Waals surface area contributed by atoms with Gasteiger partial charge in [0.05, 0.1) is 0 Å². The van der Waals surface area contributed by atoms with E-state index in [0.29, 0.717) is 0 Å². The second-order valence-electron chi connectivity index (χ2n) is 2.80. The molecule has 0 spiro atoms. The van der Waals surface area contributed by atoms with Crippen molar-refractivity contribution in [2.75, 3.05) is 0 Å². The van der Waals surface area contributed by atoms with Crippen LogP contribution in [-0.2, 0) is 0 Å². The van der Waals surface area contributed by atoms with Gasteiger partial charge in [-0.3, -0.25) is 0 Å². The lowest BCUT2D eigenvalue weighted by Crippen LogP contribution is -1.69. The molecule has 0 aromatic rings. The van der Waals surface area contributed by atoms with E-state index >= 15 is 0 Å². The van der Waals surface area contributed by atoms with E-state index in [2.05, 4.69) is 42.5 Å². The van der Waals surface area contributed by atoms with Crippen LogP contribution in [0.4, 0.5) is 0 Å². The van der Waals surface area contributed by atoms with Crippen molar-refractivity contribution >= 4 is 0 Å². The highest BCUT2D eigenvalue weighted by atomic mass is 13.9. The van der Waals surface area contributed by atoms with Crippen LogP contribution in [-0.4, -0.2) is 0 Å². The summed E-state index contributed by atoms with van der Waals surface area (Å²) in [5.41, 5.74) is 0. The summed E-state index contributed by atoms with van der Waals surface area (Å²) in [6, 6.07) is 0. The second kappa shape index (κ2) is 6.66. The van der Waals surface area contributed by atoms with Crippen LogP contribution in [0.3, 0.4) is 0 Å². The summed E-state index contributed by atoms with van der Waals surface area (Å²) in [6.07, 6.45) is 22.5. The molecule has 0 bridgehead atoms. The molecule has 0 amide bonds. The van der Waals surface area contributed by atoms with Crippen molar-refractivity contribution in [2.45, 2.75) is 25.7 Å². The molecule has 0 fully saturated rings. The van der Waals surface area contributed by atoms with Gasteiger partial charge in [0.25, 0.3) is 0 Å². The van der Waals surface area contributed by atoms with Crippen LogP contribution in [0.2, 0.25) is 0 Å². The average Bonchev–Trinajstić information content (AvgIpc) is 2.05. The summed E-state index contributed by atoms with van der Waals surface area (Å²) in [7, 11) is 0. The standard InChI is InChI=1S/C12H15/c1-2-4-6-8-10-12-11-9-7-5-3-1/h1-4,7,9,12H,5-6,8,10H2/b3-1+,4-2-,9-7+,12-11?. The van der Waals surface area contributed by atoms with Gasteiger partial charge < -0.3 is 0 Å². The van der Waals surface area contributed by atoms with Gasteiger partial charge in [0.15, 0.2) is 0 Å². The fraction of sp³-hybridized carbons (Fsp3) is 0.333. The van der Waals surface area contributed by atoms with Crippen LogP contribution < -0.4 is 0 Å². The van der Waals surface area contributed by atoms with E-state index in [9.17, 15) is 0 Å². The lowest BCUT2D eigenvalue weighted by Gasteiger charge is -1.89. The third-order valence-corrected chi connectivity index (χ3v) is 1.71. The van der Waals surface area contributed by atoms with E-state index < -0.39 is 0 Å². The highest BCUT2D eigenvalue weighted by Gasteiger charge is 1.80. The SMILES string of the molecule is [C]1=C\CCC/C=C\C=C\C/C=C/1. The summed E-state index contributed by atoms with van der Waals surface area (Å²) in [5, 5.41) is 0. The Labute approximate surface area is 75.0 Å². The van der Waals surface area contributed by atoms with Crippen LogP contribution in [0.15, 0.2) is 42.5 Å². The third kappa shape index (κ3) is 4.73. The van der Waals surface area contributed by atoms with E-state index in [0.717, 1.165) is 12.8 Å². The Morgan fingerprint density at radius 3 is 2.83 bits per heavy atom. The lowest BCUT2D eigenvalue weighted by molar-refractivity contribution is 0.866. The zero-order chi connectivity index (χ0) is 8.49. The molecular formula is C12H15. The monoisotopic (exact) mass is 159 g/mol. The maximum absolute atomic E-state index is 3.14. The predicted molar refractivity (Wildman–Crippen MR) is 53.7 cm³/mol. The Morgan fingerprint density at radius 2 is 1.83 bits per heavy atom. The minimum absolute atomic E-state index is 1.01. The Bertz CT molecular complexity index is 182. The van der Waals surface area contributed by atoms with Gasteiger partial charge in [0, 0.05) is 0 Å². The first kappa shape index (κ1) is 9.05. The molecule has 0 aliphatic heterocycles. The molecule has 0 aromatic heterocycles. The molecule has 1 radical (unpaired) electrons. The topological polar surface area (TPSA) is 0 Å². The van der Waals surface area contributed by atoms with Crippen LogP contribution in [0, 0.1) is 6.08 Å². The largest absolute Gasteiger partial charge is 0.0845 e. The van der Waals surface area contributed by atoms with E-state index in [1.807, 2.05) is 6.08 Å². The van der Waals surface area contributed by atoms with Crippen LogP contribution >= 0.6 is 0 Å². The molecule has 0 atom stereocenters. The number of rotatable bonds is 0. The molecular weight excluding hydrogens is 144 g/mol. The molecule has 1 rings (SSSR count). The van der Waals surface area contributed by atoms with Gasteiger partial charge in [0.1, 0.15) is 0 Å². The molecule has 1 aliphatic carbocycles. The Kier molecular flexibility index (Phi) is 5.02. The summed E-state index contributed by atoms with van der Waals surface area (Å²) in [6.45, 7) is 0. The minimum atomic E-state index is 1.01. The molecule has 63 valence electrons. The average molecular weight is 159 g/mol. The number of hydrogen-bond donors (Lipinski definition) is 0. The Morgan fingerprint density at radius 1 is 0.917 bits per heavy atom. The number of hydrogen-bond acceptors (Lipinski definition) is 0. The van der Waals surface area contributed by atoms with Crippen LogP contribution in [0.25, 0.3) is 0 Å². The van der Waals surface area contributed by atoms with Gasteiger partial charge in [-0.15, -0.1) is 0 Å². The van der Waals surface area contributed by atoms with Crippen molar-refractivity contribution in [3.8, 4) is 0 Å². The van der Waals surface area contributed by atoms with Gasteiger partial charge in [-0.2, -0.15) is 0 Å². The second-order valence-corrected chi connectivity index (χ2v) is 2.80. The summed E-state index contributed by atoms with van der Waals surface area (Å²) in [4.78, 5) is 0. The zero-order valence-corrected chi connectivity index (χ0v) is 7.37. The van der Waals surface area contributed by atoms with E-state index in [1.165, 1.54) is 12.8 Å². The highest BCUT2D eigenvalue weighted by molar-refractivity contribution is 5.06. The van der Waals surface area contributed by atoms with Crippen molar-refractivity contribution in [2.24, 2.45) is 0 Å². The highest BCUT2D eigenvalue weighted by Crippen LogP contribution is 1.99. The van der Waals surface area contributed by atoms with Gasteiger partial charge in [0.2, 0.25) is 0 Å². The van der Waals surface area contributed by atoms with E-state index in [4.69, 9.17) is 0 Å². The van der Waals surface area contributed by atoms with Crippen molar-refractivity contribution in [1.82, 2.24) is 0 Å². The van der Waals surface area contributed by atoms with Gasteiger partial charge in [-0.25, -0.2) is 0 Å². The Balaban J connectivity index is 2.42. The van der Waals surface area contributed by atoms with Gasteiger partial charge >= 0.3 is 0 Å². The molecule has 0 saturated carbocycles. The van der Waals surface area contributed by atoms with Crippen LogP contribution in [0.5, 0.6) is 0 Å². The summed E-state index contributed by atoms with van der Waals surface area (Å²) < 4.78 is 0. The Hall–Kier alpha value is -1.04. The lowest BCUT2D eigenvalue weighted by atomic mass is 10.2. The van der Waals surface area contributed by atoms with Gasteiger partial charge in [-0.05, 0) is 31.8 Å². The first-order chi connectivity index (χ1) is 6.00. The fourth-order valence-electron chi connectivity index (χ4n) is 1.04. The molecule has 0 heterocycles. The van der Waals surface area contributed by atoms with Crippen LogP contribution in [0.1, 0.15) is 25.7 Å². The molecule has 0 aromatic carbocycles. The van der Waals surface area contributed by atoms with E-state index in [-0.39, 0.29) is 0 Å². The molecule has 1 aliphatic rings. The maximum Gasteiger partial charge on any atom is -0.0163 e. The number of allylic oxidation sites excluding steroid dienone is 8. The molecule has 0 heteroatoms. The molecule has 0 nitrogen and oxygen atoms in total. The van der Waals surface area contributed by atoms with E-state index in [1.54, 1.807) is 0 Å². The van der Waals surface area contributed by atoms with Crippen molar-refractivity contribution in [1.29, 1.82) is 0 Å². The summed E-state index contributed by atoms with van der Waals surface area (Å²) in [5.74, 6) is 0. The van der Waals surface area contributed by atoms with Crippen molar-refractivity contribution in [3.05, 3.63) is 48.6 Å². The molecule has 12 heavy (non-hydrogen) atoms. The first-order valence-electron chi connectivity index (χ1n) is 4.54. The minimum Gasteiger partial charge on any atom is -0.0845 e. The third-order valence-electron chi connectivity index (χ3n) is 1.71. The predicted octanol–water partition coefficient (Wildman–Crippen LogP) is 3.59. The smallest absolute Gasteiger partial charge is 0.0163 e. The summed E-state index contributed by atoms with van der Waals surface area (Å²) >= 11 is 0. The normalized spacial score (nSPS) is 29.3. The van der Waals surface area contributed by atoms with Crippen molar-refractivity contribution in [3.63, 3.8) is 0 Å². The maximum atomic E-state index is 3.14. The molecule has 0 saturated heterocycles. The van der Waals surface area contributed by atoms with Crippen molar-refractivity contribution < 1.29 is 0 Å². The molecule has 0 unspecified atom stereocenters. The zero-order valence-electron chi connectivity index (χ0n) is 7.37. The molecule has 0 N–H and O–H groups in total. The quantitative estimate of drug-likeness (QED) is 0.506.